The predicted molar refractivity (Wildman–Crippen MR) is 98.4 cm³/mol. The van der Waals surface area contributed by atoms with Crippen LogP contribution >= 0.6 is 15.9 Å². The normalized spacial score (nSPS) is 20.1. The van der Waals surface area contributed by atoms with Crippen LogP contribution in [0.15, 0.2) is 28.7 Å². The molecule has 0 atom stereocenters. The number of rotatable bonds is 4. The minimum atomic E-state index is -0.0130. The fourth-order valence-electron chi connectivity index (χ4n) is 3.05. The summed E-state index contributed by atoms with van der Waals surface area (Å²) in [7, 11) is 0. The Kier molecular flexibility index (Phi) is 6.48. The topological polar surface area (TPSA) is 48.1 Å². The standard InChI is InChI=1S/C17H25BrN4O2/c18-15-2-1-3-16(14-15)19-17(23)22-8-6-20(7-9-22)4-5-21-10-12-24-13-11-21/h1-3,14H,4-13H2,(H,19,23). The molecular weight excluding hydrogens is 372 g/mol. The molecule has 7 heteroatoms. The average molecular weight is 397 g/mol. The first-order chi connectivity index (χ1) is 11.7. The predicted octanol–water partition coefficient (Wildman–Crippen LogP) is 1.93. The fourth-order valence-corrected chi connectivity index (χ4v) is 3.45. The van der Waals surface area contributed by atoms with Gasteiger partial charge in [0, 0.05) is 62.5 Å². The summed E-state index contributed by atoms with van der Waals surface area (Å²) >= 11 is 3.42. The van der Waals surface area contributed by atoms with Gasteiger partial charge in [-0.2, -0.15) is 0 Å². The van der Waals surface area contributed by atoms with E-state index in [0.29, 0.717) is 0 Å². The highest BCUT2D eigenvalue weighted by molar-refractivity contribution is 9.10. The number of ether oxygens (including phenoxy) is 1. The Morgan fingerprint density at radius 2 is 1.71 bits per heavy atom. The third-order valence-electron chi connectivity index (χ3n) is 4.57. The molecule has 6 nitrogen and oxygen atoms in total. The third-order valence-corrected chi connectivity index (χ3v) is 5.06. The molecule has 24 heavy (non-hydrogen) atoms. The van der Waals surface area contributed by atoms with Crippen LogP contribution in [0.1, 0.15) is 0 Å². The van der Waals surface area contributed by atoms with Crippen LogP contribution in [0.5, 0.6) is 0 Å². The maximum atomic E-state index is 12.3. The summed E-state index contributed by atoms with van der Waals surface area (Å²) in [6.07, 6.45) is 0. The van der Waals surface area contributed by atoms with Gasteiger partial charge >= 0.3 is 6.03 Å². The minimum absolute atomic E-state index is 0.0130. The van der Waals surface area contributed by atoms with E-state index in [9.17, 15) is 4.79 Å². The molecule has 0 aliphatic carbocycles. The number of hydrogen-bond donors (Lipinski definition) is 1. The van der Waals surface area contributed by atoms with E-state index in [1.165, 1.54) is 0 Å². The lowest BCUT2D eigenvalue weighted by molar-refractivity contribution is 0.0311. The molecule has 3 rings (SSSR count). The van der Waals surface area contributed by atoms with E-state index in [-0.39, 0.29) is 6.03 Å². The zero-order valence-corrected chi connectivity index (χ0v) is 15.5. The summed E-state index contributed by atoms with van der Waals surface area (Å²) in [5.41, 5.74) is 0.823. The number of amides is 2. The third kappa shape index (κ3) is 5.17. The van der Waals surface area contributed by atoms with Crippen molar-refractivity contribution in [2.24, 2.45) is 0 Å². The highest BCUT2D eigenvalue weighted by Crippen LogP contribution is 2.16. The lowest BCUT2D eigenvalue weighted by Gasteiger charge is -2.36. The molecule has 2 fully saturated rings. The van der Waals surface area contributed by atoms with Crippen LogP contribution in [0.2, 0.25) is 0 Å². The van der Waals surface area contributed by atoms with E-state index in [2.05, 4.69) is 31.0 Å². The van der Waals surface area contributed by atoms with Gasteiger partial charge in [-0.25, -0.2) is 4.79 Å². The van der Waals surface area contributed by atoms with Crippen molar-refractivity contribution in [3.63, 3.8) is 0 Å². The second kappa shape index (κ2) is 8.80. The smallest absolute Gasteiger partial charge is 0.321 e. The quantitative estimate of drug-likeness (QED) is 0.844. The number of nitrogens with one attached hydrogen (secondary N) is 1. The molecule has 132 valence electrons. The summed E-state index contributed by atoms with van der Waals surface area (Å²) in [5, 5.41) is 2.97. The number of carbonyl (C=O) groups excluding carboxylic acids is 1. The Hall–Kier alpha value is -1.15. The maximum Gasteiger partial charge on any atom is 0.321 e. The second-order valence-electron chi connectivity index (χ2n) is 6.22. The second-order valence-corrected chi connectivity index (χ2v) is 7.14. The molecule has 1 N–H and O–H groups in total. The number of urea groups is 1. The molecule has 0 aromatic heterocycles. The molecule has 2 aliphatic rings. The summed E-state index contributed by atoms with van der Waals surface area (Å²) in [6.45, 7) is 9.38. The molecule has 2 aliphatic heterocycles. The van der Waals surface area contributed by atoms with Crippen molar-refractivity contribution < 1.29 is 9.53 Å². The van der Waals surface area contributed by atoms with Crippen LogP contribution in [-0.4, -0.2) is 86.3 Å². The first-order valence-corrected chi connectivity index (χ1v) is 9.34. The highest BCUT2D eigenvalue weighted by Gasteiger charge is 2.21. The fraction of sp³-hybridized carbons (Fsp3) is 0.588. The summed E-state index contributed by atoms with van der Waals surface area (Å²) in [4.78, 5) is 19.1. The lowest BCUT2D eigenvalue weighted by Crippen LogP contribution is -2.51. The Morgan fingerprint density at radius 1 is 1.04 bits per heavy atom. The molecule has 0 saturated carbocycles. The zero-order chi connectivity index (χ0) is 16.8. The van der Waals surface area contributed by atoms with Crippen LogP contribution in [0.25, 0.3) is 0 Å². The maximum absolute atomic E-state index is 12.3. The van der Waals surface area contributed by atoms with Crippen molar-refractivity contribution in [1.29, 1.82) is 0 Å². The molecule has 2 amide bonds. The summed E-state index contributed by atoms with van der Waals surface area (Å²) in [6, 6.07) is 7.67. The van der Waals surface area contributed by atoms with Crippen molar-refractivity contribution in [3.05, 3.63) is 28.7 Å². The van der Waals surface area contributed by atoms with Crippen LogP contribution in [0.3, 0.4) is 0 Å². The van der Waals surface area contributed by atoms with Crippen molar-refractivity contribution in [2.75, 3.05) is 70.9 Å². The number of nitrogens with zero attached hydrogens (tertiary/aromatic N) is 3. The molecule has 2 heterocycles. The summed E-state index contributed by atoms with van der Waals surface area (Å²) < 4.78 is 6.34. The minimum Gasteiger partial charge on any atom is -0.379 e. The van der Waals surface area contributed by atoms with E-state index in [4.69, 9.17) is 4.74 Å². The first kappa shape index (κ1) is 17.7. The average Bonchev–Trinajstić information content (AvgIpc) is 2.61. The van der Waals surface area contributed by atoms with Gasteiger partial charge in [0.05, 0.1) is 13.2 Å². The summed E-state index contributed by atoms with van der Waals surface area (Å²) in [5.74, 6) is 0. The monoisotopic (exact) mass is 396 g/mol. The van der Waals surface area contributed by atoms with Crippen LogP contribution < -0.4 is 5.32 Å². The van der Waals surface area contributed by atoms with Crippen molar-refractivity contribution in [2.45, 2.75) is 0 Å². The van der Waals surface area contributed by atoms with E-state index in [1.807, 2.05) is 29.2 Å². The van der Waals surface area contributed by atoms with Gasteiger partial charge in [0.15, 0.2) is 0 Å². The largest absolute Gasteiger partial charge is 0.379 e. The number of morpholine rings is 1. The molecule has 1 aromatic rings. The molecule has 0 bridgehead atoms. The van der Waals surface area contributed by atoms with E-state index in [0.717, 1.165) is 75.7 Å². The Bertz CT molecular complexity index is 543. The Morgan fingerprint density at radius 3 is 2.38 bits per heavy atom. The highest BCUT2D eigenvalue weighted by atomic mass is 79.9. The van der Waals surface area contributed by atoms with Gasteiger partial charge in [-0.05, 0) is 18.2 Å². The Labute approximate surface area is 151 Å². The van der Waals surface area contributed by atoms with Crippen LogP contribution in [-0.2, 0) is 4.74 Å². The number of hydrogen-bond acceptors (Lipinski definition) is 4. The van der Waals surface area contributed by atoms with Crippen molar-refractivity contribution >= 4 is 27.6 Å². The van der Waals surface area contributed by atoms with Gasteiger partial charge in [0.2, 0.25) is 0 Å². The lowest BCUT2D eigenvalue weighted by atomic mass is 10.3. The van der Waals surface area contributed by atoms with Gasteiger partial charge in [0.1, 0.15) is 0 Å². The zero-order valence-electron chi connectivity index (χ0n) is 13.9. The molecule has 2 saturated heterocycles. The number of benzene rings is 1. The van der Waals surface area contributed by atoms with Gasteiger partial charge in [-0.1, -0.05) is 22.0 Å². The Balaban J connectivity index is 1.38. The van der Waals surface area contributed by atoms with Crippen molar-refractivity contribution in [3.8, 4) is 0 Å². The molecule has 0 unspecified atom stereocenters. The van der Waals surface area contributed by atoms with E-state index >= 15 is 0 Å². The van der Waals surface area contributed by atoms with Crippen LogP contribution in [0, 0.1) is 0 Å². The molecule has 1 aromatic carbocycles. The van der Waals surface area contributed by atoms with Gasteiger partial charge < -0.3 is 15.0 Å². The van der Waals surface area contributed by atoms with Gasteiger partial charge in [0.25, 0.3) is 0 Å². The number of halogens is 1. The van der Waals surface area contributed by atoms with Gasteiger partial charge in [-0.3, -0.25) is 9.80 Å². The SMILES string of the molecule is O=C(Nc1cccc(Br)c1)N1CCN(CCN2CCOCC2)CC1. The molecular formula is C17H25BrN4O2. The number of anilines is 1. The molecule has 0 spiro atoms. The number of carbonyl (C=O) groups is 1. The van der Waals surface area contributed by atoms with Crippen molar-refractivity contribution in [1.82, 2.24) is 14.7 Å². The van der Waals surface area contributed by atoms with Crippen LogP contribution in [0.4, 0.5) is 10.5 Å². The molecule has 0 radical (unpaired) electrons. The number of piperazine rings is 1. The van der Waals surface area contributed by atoms with E-state index < -0.39 is 0 Å². The van der Waals surface area contributed by atoms with Gasteiger partial charge in [-0.15, -0.1) is 0 Å². The van der Waals surface area contributed by atoms with E-state index in [1.54, 1.807) is 0 Å². The first-order valence-electron chi connectivity index (χ1n) is 8.55.